The molecule has 2 N–H and O–H groups in total. The number of aliphatic hydroxyl groups excluding tert-OH is 1. The van der Waals surface area contributed by atoms with Crippen LogP contribution in [0.2, 0.25) is 0 Å². The molecule has 146 valence electrons. The molecule has 8 nitrogen and oxygen atoms in total. The Morgan fingerprint density at radius 3 is 2.75 bits per heavy atom. The lowest BCUT2D eigenvalue weighted by molar-refractivity contribution is 0.0363. The fourth-order valence-corrected chi connectivity index (χ4v) is 4.24. The smallest absolute Gasteiger partial charge is 0.272 e. The van der Waals surface area contributed by atoms with Gasteiger partial charge >= 0.3 is 0 Å². The van der Waals surface area contributed by atoms with Crippen molar-refractivity contribution >= 4 is 22.4 Å². The van der Waals surface area contributed by atoms with Crippen LogP contribution in [0.25, 0.3) is 0 Å². The Bertz CT molecular complexity index is 939. The van der Waals surface area contributed by atoms with Gasteiger partial charge in [-0.2, -0.15) is 5.10 Å². The molecule has 9 heteroatoms. The molecule has 1 amide bonds. The molecule has 1 saturated heterocycles. The summed E-state index contributed by atoms with van der Waals surface area (Å²) in [4.78, 5) is 15.0. The fourth-order valence-electron chi connectivity index (χ4n) is 3.64. The Morgan fingerprint density at radius 1 is 1.36 bits per heavy atom. The van der Waals surface area contributed by atoms with Crippen LogP contribution in [0, 0.1) is 6.92 Å². The van der Waals surface area contributed by atoms with Crippen molar-refractivity contribution in [3.8, 4) is 0 Å². The van der Waals surface area contributed by atoms with Crippen molar-refractivity contribution in [3.05, 3.63) is 58.9 Å². The molecule has 28 heavy (non-hydrogen) atoms. The van der Waals surface area contributed by atoms with E-state index in [0.29, 0.717) is 25.2 Å². The first-order chi connectivity index (χ1) is 13.5. The Balaban J connectivity index is 1.65. The number of aliphatic hydroxyl groups is 1. The van der Waals surface area contributed by atoms with Crippen molar-refractivity contribution in [1.29, 1.82) is 0 Å². The maximum absolute atomic E-state index is 13.0. The van der Waals surface area contributed by atoms with E-state index in [1.54, 1.807) is 23.3 Å². The summed E-state index contributed by atoms with van der Waals surface area (Å²) in [6.45, 7) is 2.89. The standard InChI is InChI=1S/C19H22N6O2S/c1-13-10-15(23-24(13)2)17(27)21-19(14-6-4-3-5-7-14)8-9-25(11-16(19)26)18-22-20-12-28-18/h3-7,10,12,16,26H,8-9,11H2,1-2H3,(H,21,27)/t16-,19+/m1/s1. The molecule has 0 unspecified atom stereocenters. The minimum atomic E-state index is -0.898. The van der Waals surface area contributed by atoms with Gasteiger partial charge in [0.15, 0.2) is 0 Å². The van der Waals surface area contributed by atoms with Gasteiger partial charge in [0.25, 0.3) is 5.91 Å². The minimum absolute atomic E-state index is 0.295. The Morgan fingerprint density at radius 2 is 2.14 bits per heavy atom. The molecule has 2 aromatic heterocycles. The second-order valence-corrected chi connectivity index (χ2v) is 7.83. The van der Waals surface area contributed by atoms with Crippen molar-refractivity contribution in [1.82, 2.24) is 25.3 Å². The van der Waals surface area contributed by atoms with Crippen molar-refractivity contribution in [3.63, 3.8) is 0 Å². The first-order valence-electron chi connectivity index (χ1n) is 9.07. The molecule has 1 aliphatic heterocycles. The van der Waals surface area contributed by atoms with E-state index in [9.17, 15) is 9.90 Å². The molecule has 2 atom stereocenters. The Hall–Kier alpha value is -2.78. The van der Waals surface area contributed by atoms with Crippen LogP contribution in [-0.2, 0) is 12.6 Å². The van der Waals surface area contributed by atoms with Crippen LogP contribution < -0.4 is 10.2 Å². The van der Waals surface area contributed by atoms with Crippen molar-refractivity contribution in [2.75, 3.05) is 18.0 Å². The van der Waals surface area contributed by atoms with Gasteiger partial charge in [-0.1, -0.05) is 41.7 Å². The minimum Gasteiger partial charge on any atom is -0.388 e. The molecule has 3 heterocycles. The number of rotatable bonds is 4. The first kappa shape index (κ1) is 18.6. The van der Waals surface area contributed by atoms with E-state index >= 15 is 0 Å². The Labute approximate surface area is 166 Å². The van der Waals surface area contributed by atoms with Crippen LogP contribution in [0.1, 0.15) is 28.2 Å². The fraction of sp³-hybridized carbons (Fsp3) is 0.368. The molecule has 1 aromatic carbocycles. The number of nitrogens with zero attached hydrogens (tertiary/aromatic N) is 5. The summed E-state index contributed by atoms with van der Waals surface area (Å²) < 4.78 is 1.67. The Kier molecular flexibility index (Phi) is 4.86. The van der Waals surface area contributed by atoms with E-state index in [2.05, 4.69) is 20.6 Å². The normalized spacial score (nSPS) is 22.2. The van der Waals surface area contributed by atoms with Crippen LogP contribution in [0.4, 0.5) is 5.13 Å². The molecular formula is C19H22N6O2S. The highest BCUT2D eigenvalue weighted by Gasteiger charge is 2.45. The molecule has 0 saturated carbocycles. The zero-order chi connectivity index (χ0) is 19.7. The summed E-state index contributed by atoms with van der Waals surface area (Å²) in [6.07, 6.45) is -0.281. The third kappa shape index (κ3) is 3.27. The highest BCUT2D eigenvalue weighted by atomic mass is 32.1. The van der Waals surface area contributed by atoms with Crippen LogP contribution in [-0.4, -0.2) is 50.2 Å². The molecule has 1 fully saturated rings. The third-order valence-electron chi connectivity index (χ3n) is 5.33. The number of β-amino-alcohol motifs (C(OH)–C–C–N with tert-alkyl or cyclic N) is 1. The molecule has 0 radical (unpaired) electrons. The number of hydrogen-bond acceptors (Lipinski definition) is 7. The van der Waals surface area contributed by atoms with Gasteiger partial charge in [0.05, 0.1) is 11.6 Å². The lowest BCUT2D eigenvalue weighted by atomic mass is 9.78. The van der Waals surface area contributed by atoms with Crippen LogP contribution in [0.15, 0.2) is 41.9 Å². The van der Waals surface area contributed by atoms with Gasteiger partial charge in [-0.3, -0.25) is 9.48 Å². The quantitative estimate of drug-likeness (QED) is 0.691. The number of amides is 1. The topological polar surface area (TPSA) is 96.2 Å². The molecule has 0 bridgehead atoms. The van der Waals surface area contributed by atoms with E-state index in [1.807, 2.05) is 42.2 Å². The number of benzene rings is 1. The molecule has 4 rings (SSSR count). The zero-order valence-electron chi connectivity index (χ0n) is 15.7. The monoisotopic (exact) mass is 398 g/mol. The summed E-state index contributed by atoms with van der Waals surface area (Å²) in [5.74, 6) is -0.295. The summed E-state index contributed by atoms with van der Waals surface area (Å²) in [5, 5.41) is 27.3. The molecule has 1 aliphatic rings. The molecule has 3 aromatic rings. The highest BCUT2D eigenvalue weighted by Crippen LogP contribution is 2.35. The van der Waals surface area contributed by atoms with E-state index < -0.39 is 11.6 Å². The number of aryl methyl sites for hydroxylation is 2. The SMILES string of the molecule is Cc1cc(C(=O)N[C@]2(c3ccccc3)CCN(c3nncs3)C[C@H]2O)nn1C. The van der Waals surface area contributed by atoms with Gasteiger partial charge in [-0.25, -0.2) is 0 Å². The van der Waals surface area contributed by atoms with Gasteiger partial charge in [0, 0.05) is 25.8 Å². The lowest BCUT2D eigenvalue weighted by Gasteiger charge is -2.46. The number of anilines is 1. The number of carbonyl (C=O) groups excluding carboxylic acids is 1. The lowest BCUT2D eigenvalue weighted by Crippen LogP contribution is -2.62. The maximum atomic E-state index is 13.0. The molecule has 0 aliphatic carbocycles. The van der Waals surface area contributed by atoms with Gasteiger partial charge in [0.2, 0.25) is 5.13 Å². The van der Waals surface area contributed by atoms with Crippen molar-refractivity contribution in [2.24, 2.45) is 7.05 Å². The van der Waals surface area contributed by atoms with Gasteiger partial charge in [-0.15, -0.1) is 10.2 Å². The summed E-state index contributed by atoms with van der Waals surface area (Å²) in [7, 11) is 1.80. The number of piperidine rings is 1. The number of aromatic nitrogens is 4. The predicted octanol–water partition coefficient (Wildman–Crippen LogP) is 1.48. The summed E-state index contributed by atoms with van der Waals surface area (Å²) in [5.41, 5.74) is 2.89. The van der Waals surface area contributed by atoms with Crippen molar-refractivity contribution < 1.29 is 9.90 Å². The number of carbonyl (C=O) groups is 1. The average Bonchev–Trinajstić information content (AvgIpc) is 3.35. The highest BCUT2D eigenvalue weighted by molar-refractivity contribution is 7.13. The van der Waals surface area contributed by atoms with E-state index in [4.69, 9.17) is 0 Å². The van der Waals surface area contributed by atoms with E-state index in [1.165, 1.54) is 11.3 Å². The second kappa shape index (κ2) is 7.33. The van der Waals surface area contributed by atoms with Crippen LogP contribution >= 0.6 is 11.3 Å². The maximum Gasteiger partial charge on any atom is 0.272 e. The summed E-state index contributed by atoms with van der Waals surface area (Å²) in [6, 6.07) is 11.4. The predicted molar refractivity (Wildman–Crippen MR) is 106 cm³/mol. The molecular weight excluding hydrogens is 376 g/mol. The molecule has 0 spiro atoms. The van der Waals surface area contributed by atoms with Gasteiger partial charge in [0.1, 0.15) is 11.2 Å². The largest absolute Gasteiger partial charge is 0.388 e. The first-order valence-corrected chi connectivity index (χ1v) is 9.95. The van der Waals surface area contributed by atoms with E-state index in [0.717, 1.165) is 16.4 Å². The number of nitrogens with one attached hydrogen (secondary N) is 1. The summed E-state index contributed by atoms with van der Waals surface area (Å²) >= 11 is 1.44. The average molecular weight is 398 g/mol. The third-order valence-corrected chi connectivity index (χ3v) is 6.08. The van der Waals surface area contributed by atoms with Crippen LogP contribution in [0.3, 0.4) is 0 Å². The van der Waals surface area contributed by atoms with Gasteiger partial charge < -0.3 is 15.3 Å². The number of hydrogen-bond donors (Lipinski definition) is 2. The van der Waals surface area contributed by atoms with Crippen LogP contribution in [0.5, 0.6) is 0 Å². The van der Waals surface area contributed by atoms with Crippen molar-refractivity contribution in [2.45, 2.75) is 25.0 Å². The second-order valence-electron chi connectivity index (χ2n) is 7.02. The zero-order valence-corrected chi connectivity index (χ0v) is 16.6. The van der Waals surface area contributed by atoms with Gasteiger partial charge in [-0.05, 0) is 25.0 Å². The van der Waals surface area contributed by atoms with E-state index in [-0.39, 0.29) is 5.91 Å².